The van der Waals surface area contributed by atoms with Gasteiger partial charge in [-0.15, -0.1) is 11.8 Å². The molecular formula is C10H11N3O2S. The average molecular weight is 237 g/mol. The Kier molecular flexibility index (Phi) is 3.00. The van der Waals surface area contributed by atoms with Crippen LogP contribution in [0.25, 0.3) is 5.65 Å². The van der Waals surface area contributed by atoms with Crippen LogP contribution in [0, 0.1) is 0 Å². The van der Waals surface area contributed by atoms with Gasteiger partial charge < -0.3 is 9.14 Å². The summed E-state index contributed by atoms with van der Waals surface area (Å²) >= 11 is 1.65. The Morgan fingerprint density at radius 1 is 1.50 bits per heavy atom. The minimum absolute atomic E-state index is 0.477. The standard InChI is InChI=1S/C10H11N3O2S/c1-15-10(14)12-8-6-13-5-7(16-2)3-4-9(13)11-8/h3-6H,1-2H3,(H,12,14). The molecule has 0 bridgehead atoms. The minimum atomic E-state index is -0.520. The molecule has 0 saturated heterocycles. The molecule has 2 aromatic rings. The first-order chi connectivity index (χ1) is 7.72. The summed E-state index contributed by atoms with van der Waals surface area (Å²) < 4.78 is 6.35. The van der Waals surface area contributed by atoms with Crippen LogP contribution in [0.15, 0.2) is 29.4 Å². The van der Waals surface area contributed by atoms with Crippen molar-refractivity contribution in [2.45, 2.75) is 4.90 Å². The van der Waals surface area contributed by atoms with Crippen LogP contribution in [0.5, 0.6) is 0 Å². The fraction of sp³-hybridized carbons (Fsp3) is 0.200. The van der Waals surface area contributed by atoms with Crippen molar-refractivity contribution in [1.82, 2.24) is 9.38 Å². The molecule has 0 fully saturated rings. The second-order valence-electron chi connectivity index (χ2n) is 3.08. The minimum Gasteiger partial charge on any atom is -0.453 e. The molecule has 2 aromatic heterocycles. The van der Waals surface area contributed by atoms with Gasteiger partial charge in [-0.3, -0.25) is 5.32 Å². The normalized spacial score (nSPS) is 10.4. The predicted molar refractivity (Wildman–Crippen MR) is 63.0 cm³/mol. The van der Waals surface area contributed by atoms with Gasteiger partial charge in [-0.2, -0.15) is 0 Å². The van der Waals surface area contributed by atoms with E-state index in [1.54, 1.807) is 18.0 Å². The highest BCUT2D eigenvalue weighted by Gasteiger charge is 2.05. The number of nitrogens with zero attached hydrogens (tertiary/aromatic N) is 2. The zero-order valence-corrected chi connectivity index (χ0v) is 9.75. The third-order valence-electron chi connectivity index (χ3n) is 2.08. The number of hydrogen-bond donors (Lipinski definition) is 1. The molecule has 84 valence electrons. The molecule has 2 rings (SSSR count). The molecule has 0 aliphatic heterocycles. The number of methoxy groups -OCH3 is 1. The summed E-state index contributed by atoms with van der Waals surface area (Å²) in [5.41, 5.74) is 0.782. The molecule has 0 aromatic carbocycles. The number of amides is 1. The summed E-state index contributed by atoms with van der Waals surface area (Å²) in [5.74, 6) is 0.477. The molecule has 0 saturated carbocycles. The van der Waals surface area contributed by atoms with Gasteiger partial charge in [-0.05, 0) is 18.4 Å². The number of ether oxygens (including phenoxy) is 1. The van der Waals surface area contributed by atoms with Gasteiger partial charge in [0.05, 0.1) is 13.3 Å². The first-order valence-electron chi connectivity index (χ1n) is 4.60. The first kappa shape index (κ1) is 10.8. The number of pyridine rings is 1. The maximum Gasteiger partial charge on any atom is 0.412 e. The Morgan fingerprint density at radius 3 is 3.00 bits per heavy atom. The molecule has 1 amide bonds. The Balaban J connectivity index is 2.32. The van der Waals surface area contributed by atoms with Gasteiger partial charge in [0, 0.05) is 11.1 Å². The third-order valence-corrected chi connectivity index (χ3v) is 2.79. The van der Waals surface area contributed by atoms with Crippen LogP contribution in [0.2, 0.25) is 0 Å². The molecule has 0 unspecified atom stereocenters. The second-order valence-corrected chi connectivity index (χ2v) is 3.96. The molecule has 1 N–H and O–H groups in total. The summed E-state index contributed by atoms with van der Waals surface area (Å²) in [7, 11) is 1.32. The SMILES string of the molecule is COC(=O)Nc1cn2cc(SC)ccc2n1. The van der Waals surface area contributed by atoms with Gasteiger partial charge in [0.1, 0.15) is 5.65 Å². The molecule has 0 spiro atoms. The number of anilines is 1. The molecule has 5 nitrogen and oxygen atoms in total. The van der Waals surface area contributed by atoms with E-state index in [4.69, 9.17) is 0 Å². The summed E-state index contributed by atoms with van der Waals surface area (Å²) in [6, 6.07) is 3.88. The van der Waals surface area contributed by atoms with Crippen LogP contribution in [0.1, 0.15) is 0 Å². The number of carbonyl (C=O) groups excluding carboxylic acids is 1. The van der Waals surface area contributed by atoms with E-state index in [-0.39, 0.29) is 0 Å². The Morgan fingerprint density at radius 2 is 2.31 bits per heavy atom. The molecule has 0 radical (unpaired) electrons. The largest absolute Gasteiger partial charge is 0.453 e. The van der Waals surface area contributed by atoms with E-state index in [1.165, 1.54) is 7.11 Å². The highest BCUT2D eigenvalue weighted by atomic mass is 32.2. The Hall–Kier alpha value is -1.69. The van der Waals surface area contributed by atoms with Crippen LogP contribution in [0.3, 0.4) is 0 Å². The topological polar surface area (TPSA) is 55.6 Å². The lowest BCUT2D eigenvalue weighted by Crippen LogP contribution is -2.10. The van der Waals surface area contributed by atoms with Crippen molar-refractivity contribution in [2.24, 2.45) is 0 Å². The molecule has 0 aliphatic rings. The number of imidazole rings is 1. The van der Waals surface area contributed by atoms with E-state index in [9.17, 15) is 4.79 Å². The molecule has 16 heavy (non-hydrogen) atoms. The number of fused-ring (bicyclic) bond motifs is 1. The third kappa shape index (κ3) is 2.11. The number of nitrogens with one attached hydrogen (secondary N) is 1. The van der Waals surface area contributed by atoms with E-state index < -0.39 is 6.09 Å². The number of thioether (sulfide) groups is 1. The van der Waals surface area contributed by atoms with Crippen molar-refractivity contribution in [3.8, 4) is 0 Å². The van der Waals surface area contributed by atoms with Crippen LogP contribution in [-0.4, -0.2) is 28.8 Å². The van der Waals surface area contributed by atoms with E-state index in [0.29, 0.717) is 5.82 Å². The monoisotopic (exact) mass is 237 g/mol. The van der Waals surface area contributed by atoms with Crippen molar-refractivity contribution < 1.29 is 9.53 Å². The van der Waals surface area contributed by atoms with Gasteiger partial charge >= 0.3 is 6.09 Å². The Labute approximate surface area is 96.8 Å². The summed E-state index contributed by atoms with van der Waals surface area (Å²) in [6.45, 7) is 0. The second kappa shape index (κ2) is 4.44. The number of aromatic nitrogens is 2. The lowest BCUT2D eigenvalue weighted by Gasteiger charge is -1.96. The zero-order valence-electron chi connectivity index (χ0n) is 8.93. The average Bonchev–Trinajstić information content (AvgIpc) is 2.69. The number of carbonyl (C=O) groups is 1. The van der Waals surface area contributed by atoms with Crippen molar-refractivity contribution in [2.75, 3.05) is 18.7 Å². The fourth-order valence-corrected chi connectivity index (χ4v) is 1.73. The maximum atomic E-state index is 11.0. The van der Waals surface area contributed by atoms with Crippen LogP contribution >= 0.6 is 11.8 Å². The molecule has 0 atom stereocenters. The van der Waals surface area contributed by atoms with E-state index in [2.05, 4.69) is 15.0 Å². The van der Waals surface area contributed by atoms with Gasteiger partial charge in [0.25, 0.3) is 0 Å². The smallest absolute Gasteiger partial charge is 0.412 e. The van der Waals surface area contributed by atoms with Gasteiger partial charge in [0.15, 0.2) is 5.82 Å². The summed E-state index contributed by atoms with van der Waals surface area (Å²) in [4.78, 5) is 16.3. The van der Waals surface area contributed by atoms with Crippen LogP contribution in [-0.2, 0) is 4.74 Å². The molecule has 2 heterocycles. The van der Waals surface area contributed by atoms with Gasteiger partial charge in [-0.25, -0.2) is 9.78 Å². The zero-order chi connectivity index (χ0) is 11.5. The number of rotatable bonds is 2. The fourth-order valence-electron chi connectivity index (χ4n) is 1.31. The highest BCUT2D eigenvalue weighted by Crippen LogP contribution is 2.17. The quantitative estimate of drug-likeness (QED) is 0.814. The molecular weight excluding hydrogens is 226 g/mol. The highest BCUT2D eigenvalue weighted by molar-refractivity contribution is 7.98. The first-order valence-corrected chi connectivity index (χ1v) is 5.83. The lowest BCUT2D eigenvalue weighted by molar-refractivity contribution is 0.187. The van der Waals surface area contributed by atoms with Crippen molar-refractivity contribution >= 4 is 29.3 Å². The van der Waals surface area contributed by atoms with Crippen LogP contribution in [0.4, 0.5) is 10.6 Å². The molecule has 0 aliphatic carbocycles. The van der Waals surface area contributed by atoms with E-state index in [1.807, 2.05) is 29.0 Å². The Bertz CT molecular complexity index is 524. The van der Waals surface area contributed by atoms with Gasteiger partial charge in [0.2, 0.25) is 0 Å². The predicted octanol–water partition coefficient (Wildman–Crippen LogP) is 2.23. The summed E-state index contributed by atoms with van der Waals surface area (Å²) in [5, 5.41) is 2.52. The maximum absolute atomic E-state index is 11.0. The van der Waals surface area contributed by atoms with Crippen LogP contribution < -0.4 is 5.32 Å². The lowest BCUT2D eigenvalue weighted by atomic mass is 10.5. The van der Waals surface area contributed by atoms with E-state index >= 15 is 0 Å². The number of hydrogen-bond acceptors (Lipinski definition) is 4. The van der Waals surface area contributed by atoms with Crippen molar-refractivity contribution in [3.05, 3.63) is 24.5 Å². The molecule has 6 heteroatoms. The van der Waals surface area contributed by atoms with Crippen molar-refractivity contribution in [3.63, 3.8) is 0 Å². The van der Waals surface area contributed by atoms with E-state index in [0.717, 1.165) is 10.5 Å². The van der Waals surface area contributed by atoms with Gasteiger partial charge in [-0.1, -0.05) is 0 Å². The van der Waals surface area contributed by atoms with Crippen molar-refractivity contribution in [1.29, 1.82) is 0 Å². The summed E-state index contributed by atoms with van der Waals surface area (Å²) in [6.07, 6.45) is 5.18.